The number of hydrogen-bond acceptors (Lipinski definition) is 6. The van der Waals surface area contributed by atoms with Crippen molar-refractivity contribution in [2.24, 2.45) is 0 Å². The monoisotopic (exact) mass is 460 g/mol. The molecule has 1 saturated heterocycles. The van der Waals surface area contributed by atoms with Crippen molar-refractivity contribution < 1.29 is 19.4 Å². The number of cyclic esters (lactones) is 1. The molecule has 2 heterocycles. The van der Waals surface area contributed by atoms with Gasteiger partial charge in [-0.15, -0.1) is 0 Å². The van der Waals surface area contributed by atoms with Gasteiger partial charge in [0.2, 0.25) is 5.88 Å². The van der Waals surface area contributed by atoms with E-state index in [-0.39, 0.29) is 22.9 Å². The zero-order valence-electron chi connectivity index (χ0n) is 16.8. The average molecular weight is 461 g/mol. The summed E-state index contributed by atoms with van der Waals surface area (Å²) in [4.78, 5) is 27.4. The first kappa shape index (κ1) is 21.3. The van der Waals surface area contributed by atoms with E-state index in [2.05, 4.69) is 4.98 Å². The highest BCUT2D eigenvalue weighted by Crippen LogP contribution is 2.32. The summed E-state index contributed by atoms with van der Waals surface area (Å²) in [5.74, 6) is 1.05. The molecule has 4 rings (SSSR count). The Morgan fingerprint density at radius 3 is 2.61 bits per heavy atom. The van der Waals surface area contributed by atoms with Crippen LogP contribution in [0.3, 0.4) is 0 Å². The summed E-state index contributed by atoms with van der Waals surface area (Å²) in [6.07, 6.45) is 0.853. The largest absolute Gasteiger partial charge is 0.494 e. The highest BCUT2D eigenvalue weighted by atomic mass is 35.5. The number of ether oxygens (including phenoxy) is 2. The summed E-state index contributed by atoms with van der Waals surface area (Å²) in [6.45, 7) is 2.97. The molecule has 31 heavy (non-hydrogen) atoms. The quantitative estimate of drug-likeness (QED) is 0.539. The van der Waals surface area contributed by atoms with Crippen LogP contribution in [0.25, 0.3) is 0 Å². The highest BCUT2D eigenvalue weighted by Gasteiger charge is 2.31. The van der Waals surface area contributed by atoms with E-state index in [0.717, 1.165) is 22.5 Å². The van der Waals surface area contributed by atoms with Crippen molar-refractivity contribution in [3.63, 3.8) is 0 Å². The Balaban J connectivity index is 1.40. The van der Waals surface area contributed by atoms with E-state index in [4.69, 9.17) is 21.1 Å². The van der Waals surface area contributed by atoms with Crippen LogP contribution in [0.2, 0.25) is 5.02 Å². The van der Waals surface area contributed by atoms with E-state index in [9.17, 15) is 14.7 Å². The third kappa shape index (κ3) is 4.86. The number of amides is 1. The summed E-state index contributed by atoms with van der Waals surface area (Å²) in [6, 6.07) is 13.1. The van der Waals surface area contributed by atoms with Gasteiger partial charge >= 0.3 is 11.0 Å². The Morgan fingerprint density at radius 2 is 1.97 bits per heavy atom. The molecule has 9 heteroatoms. The fourth-order valence-electron chi connectivity index (χ4n) is 3.53. The number of likely N-dealkylation sites (N-methyl/N-ethyl adjacent to an activating group) is 1. The van der Waals surface area contributed by atoms with Crippen LogP contribution in [-0.4, -0.2) is 40.3 Å². The van der Waals surface area contributed by atoms with Crippen molar-refractivity contribution in [1.82, 2.24) is 9.88 Å². The topological polar surface area (TPSA) is 91.9 Å². The predicted octanol–water partition coefficient (Wildman–Crippen LogP) is 4.56. The number of H-pyrrole nitrogens is 1. The molecule has 0 saturated carbocycles. The summed E-state index contributed by atoms with van der Waals surface area (Å²) >= 11 is 7.35. The first-order chi connectivity index (χ1) is 14.9. The van der Waals surface area contributed by atoms with Crippen molar-refractivity contribution in [3.8, 4) is 17.4 Å². The molecule has 1 fully saturated rings. The van der Waals surface area contributed by atoms with Gasteiger partial charge in [-0.05, 0) is 48.7 Å². The summed E-state index contributed by atoms with van der Waals surface area (Å²) in [5, 5.41) is 10.2. The maximum Gasteiger partial charge on any atom is 0.410 e. The molecule has 1 unspecified atom stereocenters. The third-order valence-corrected chi connectivity index (χ3v) is 6.27. The van der Waals surface area contributed by atoms with Gasteiger partial charge in [-0.25, -0.2) is 4.79 Å². The van der Waals surface area contributed by atoms with Crippen LogP contribution in [0, 0.1) is 0 Å². The average Bonchev–Trinajstić information content (AvgIpc) is 3.25. The van der Waals surface area contributed by atoms with E-state index >= 15 is 0 Å². The number of aromatic amines is 1. The Bertz CT molecular complexity index is 1140. The highest BCUT2D eigenvalue weighted by molar-refractivity contribution is 7.09. The van der Waals surface area contributed by atoms with Crippen LogP contribution in [-0.2, 0) is 17.6 Å². The SMILES string of the molecule is CCN1C(=O)OCC1Cc1ccc(Oc2ccc(Cc3sc(=O)[nH]c3O)cc2Cl)cc1. The third-order valence-electron chi connectivity index (χ3n) is 5.10. The lowest BCUT2D eigenvalue weighted by Crippen LogP contribution is -2.34. The Hall–Kier alpha value is -2.97. The zero-order valence-corrected chi connectivity index (χ0v) is 18.3. The molecule has 0 bridgehead atoms. The number of carbonyl (C=O) groups excluding carboxylic acids is 1. The smallest absolute Gasteiger partial charge is 0.410 e. The number of thiazole rings is 1. The molecule has 7 nitrogen and oxygen atoms in total. The molecule has 0 radical (unpaired) electrons. The van der Waals surface area contributed by atoms with Crippen molar-refractivity contribution in [2.75, 3.05) is 13.2 Å². The number of hydrogen-bond donors (Lipinski definition) is 2. The van der Waals surface area contributed by atoms with Crippen molar-refractivity contribution in [1.29, 1.82) is 0 Å². The summed E-state index contributed by atoms with van der Waals surface area (Å²) in [5.41, 5.74) is 1.94. The van der Waals surface area contributed by atoms with Gasteiger partial charge in [0.25, 0.3) is 0 Å². The molecule has 1 aliphatic heterocycles. The molecule has 0 aliphatic carbocycles. The lowest BCUT2D eigenvalue weighted by molar-refractivity contribution is 0.159. The number of rotatable bonds is 7. The van der Waals surface area contributed by atoms with Crippen LogP contribution in [0.1, 0.15) is 22.9 Å². The van der Waals surface area contributed by atoms with Crippen LogP contribution >= 0.6 is 22.9 Å². The zero-order chi connectivity index (χ0) is 22.0. The van der Waals surface area contributed by atoms with Crippen LogP contribution in [0.5, 0.6) is 17.4 Å². The number of aromatic nitrogens is 1. The number of aromatic hydroxyl groups is 1. The van der Waals surface area contributed by atoms with Gasteiger partial charge in [0.15, 0.2) is 0 Å². The fourth-order valence-corrected chi connectivity index (χ4v) is 4.53. The summed E-state index contributed by atoms with van der Waals surface area (Å²) < 4.78 is 11.0. The number of halogens is 1. The molecule has 1 atom stereocenters. The Labute approximate surface area is 187 Å². The van der Waals surface area contributed by atoms with Crippen LogP contribution < -0.4 is 9.61 Å². The second-order valence-electron chi connectivity index (χ2n) is 7.19. The molecule has 0 spiro atoms. The Morgan fingerprint density at radius 1 is 1.23 bits per heavy atom. The van der Waals surface area contributed by atoms with Crippen molar-refractivity contribution in [2.45, 2.75) is 25.8 Å². The molecule has 162 valence electrons. The van der Waals surface area contributed by atoms with Gasteiger partial charge in [-0.2, -0.15) is 0 Å². The molecule has 2 N–H and O–H groups in total. The standard InChI is InChI=1S/C22H21ClN2O5S/c1-2-25-15(12-29-22(25)28)9-13-3-6-16(7-4-13)30-18-8-5-14(10-17(18)23)11-19-20(26)24-21(27)31-19/h3-8,10,15,26H,2,9,11-12H2,1H3,(H,24,27). The Kier molecular flexibility index (Phi) is 6.20. The van der Waals surface area contributed by atoms with Gasteiger partial charge in [0.05, 0.1) is 15.9 Å². The number of nitrogens with one attached hydrogen (secondary N) is 1. The van der Waals surface area contributed by atoms with Gasteiger partial charge in [0.1, 0.15) is 18.1 Å². The van der Waals surface area contributed by atoms with Crippen LogP contribution in [0.15, 0.2) is 47.3 Å². The number of benzene rings is 2. The van der Waals surface area contributed by atoms with Gasteiger partial charge in [-0.1, -0.05) is 41.1 Å². The van der Waals surface area contributed by atoms with Crippen LogP contribution in [0.4, 0.5) is 4.79 Å². The number of nitrogens with zero attached hydrogens (tertiary/aromatic N) is 1. The first-order valence-electron chi connectivity index (χ1n) is 9.82. The minimum Gasteiger partial charge on any atom is -0.494 e. The lowest BCUT2D eigenvalue weighted by Gasteiger charge is -2.19. The summed E-state index contributed by atoms with van der Waals surface area (Å²) in [7, 11) is 0. The van der Waals surface area contributed by atoms with Gasteiger partial charge in [0, 0.05) is 13.0 Å². The molecule has 1 aliphatic rings. The van der Waals surface area contributed by atoms with E-state index in [0.29, 0.717) is 47.4 Å². The van der Waals surface area contributed by atoms with E-state index in [1.807, 2.05) is 37.3 Å². The lowest BCUT2D eigenvalue weighted by atomic mass is 10.1. The molecule has 1 aromatic heterocycles. The van der Waals surface area contributed by atoms with Gasteiger partial charge in [-0.3, -0.25) is 9.78 Å². The van der Waals surface area contributed by atoms with E-state index in [1.165, 1.54) is 0 Å². The van der Waals surface area contributed by atoms with E-state index < -0.39 is 0 Å². The molecular formula is C22H21ClN2O5S. The van der Waals surface area contributed by atoms with Crippen molar-refractivity contribution >= 4 is 29.0 Å². The molecular weight excluding hydrogens is 440 g/mol. The second kappa shape index (κ2) is 9.03. The maximum absolute atomic E-state index is 11.7. The van der Waals surface area contributed by atoms with Crippen molar-refractivity contribution in [3.05, 3.63) is 73.2 Å². The fraction of sp³-hybridized carbons (Fsp3) is 0.273. The molecule has 1 amide bonds. The number of carbonyl (C=O) groups is 1. The van der Waals surface area contributed by atoms with E-state index in [1.54, 1.807) is 17.0 Å². The minimum atomic E-state index is -0.295. The molecule has 2 aromatic carbocycles. The second-order valence-corrected chi connectivity index (χ2v) is 8.67. The maximum atomic E-state index is 11.7. The van der Waals surface area contributed by atoms with Gasteiger partial charge < -0.3 is 19.5 Å². The minimum absolute atomic E-state index is 0.0457. The first-order valence-corrected chi connectivity index (χ1v) is 11.0. The normalized spacial score (nSPS) is 15.9. The molecule has 3 aromatic rings. The predicted molar refractivity (Wildman–Crippen MR) is 119 cm³/mol.